The van der Waals surface area contributed by atoms with Crippen LogP contribution in [0.2, 0.25) is 0 Å². The predicted octanol–water partition coefficient (Wildman–Crippen LogP) is 2.82. The molecule has 2 aliphatic carbocycles. The molecule has 4 aromatic heterocycles. The SMILES string of the molecule is Cc1ccnc([C@H]2C[C@@H]2C(=O)Nc2cnnc(OCc3cn4cc(C5CC5)cc(N5CC(=O)N(C)C5=O)c4n3)c2)n1. The lowest BCUT2D eigenvalue weighted by molar-refractivity contribution is -0.124. The molecule has 5 heterocycles. The molecule has 2 saturated carbocycles. The second-order valence-electron chi connectivity index (χ2n) is 10.8. The molecule has 13 nitrogen and oxygen atoms in total. The van der Waals surface area contributed by atoms with E-state index in [0.29, 0.717) is 40.9 Å². The van der Waals surface area contributed by atoms with Gasteiger partial charge in [0.1, 0.15) is 19.0 Å². The third-order valence-electron chi connectivity index (χ3n) is 7.67. The van der Waals surface area contributed by atoms with Crippen LogP contribution in [0.3, 0.4) is 0 Å². The Kier molecular flexibility index (Phi) is 5.87. The Morgan fingerprint density at radius 1 is 1.17 bits per heavy atom. The molecule has 0 bridgehead atoms. The number of aromatic nitrogens is 6. The van der Waals surface area contributed by atoms with Crippen LogP contribution in [0, 0.1) is 12.8 Å². The summed E-state index contributed by atoms with van der Waals surface area (Å²) in [6.45, 7) is 1.97. The first kappa shape index (κ1) is 25.1. The number of hydrogen-bond acceptors (Lipinski definition) is 9. The van der Waals surface area contributed by atoms with Crippen molar-refractivity contribution in [2.45, 2.75) is 44.6 Å². The molecule has 7 rings (SSSR count). The highest BCUT2D eigenvalue weighted by Crippen LogP contribution is 2.46. The number of rotatable bonds is 8. The maximum atomic E-state index is 12.8. The van der Waals surface area contributed by atoms with Gasteiger partial charge in [0.15, 0.2) is 5.65 Å². The van der Waals surface area contributed by atoms with Gasteiger partial charge < -0.3 is 14.5 Å². The fourth-order valence-corrected chi connectivity index (χ4v) is 5.13. The average molecular weight is 554 g/mol. The maximum Gasteiger partial charge on any atom is 0.331 e. The van der Waals surface area contributed by atoms with E-state index in [0.717, 1.165) is 29.0 Å². The first-order valence-electron chi connectivity index (χ1n) is 13.5. The van der Waals surface area contributed by atoms with Gasteiger partial charge in [-0.1, -0.05) is 0 Å². The lowest BCUT2D eigenvalue weighted by Crippen LogP contribution is -2.30. The number of carbonyl (C=O) groups is 3. The molecule has 0 radical (unpaired) electrons. The zero-order valence-corrected chi connectivity index (χ0v) is 22.5. The van der Waals surface area contributed by atoms with E-state index >= 15 is 0 Å². The first-order chi connectivity index (χ1) is 19.8. The van der Waals surface area contributed by atoms with E-state index in [4.69, 9.17) is 9.72 Å². The number of pyridine rings is 1. The van der Waals surface area contributed by atoms with Crippen molar-refractivity contribution in [1.82, 2.24) is 34.4 Å². The zero-order valence-electron chi connectivity index (χ0n) is 22.5. The predicted molar refractivity (Wildman–Crippen MR) is 145 cm³/mol. The van der Waals surface area contributed by atoms with E-state index in [9.17, 15) is 14.4 Å². The molecule has 1 N–H and O–H groups in total. The van der Waals surface area contributed by atoms with Crippen LogP contribution in [0.25, 0.3) is 5.65 Å². The largest absolute Gasteiger partial charge is 0.470 e. The number of ether oxygens (including phenoxy) is 1. The minimum absolute atomic E-state index is 0.00941. The monoisotopic (exact) mass is 553 g/mol. The summed E-state index contributed by atoms with van der Waals surface area (Å²) in [5, 5.41) is 10.9. The summed E-state index contributed by atoms with van der Waals surface area (Å²) in [5.74, 6) is 0.791. The summed E-state index contributed by atoms with van der Waals surface area (Å²) in [7, 11) is 1.48. The van der Waals surface area contributed by atoms with Gasteiger partial charge in [0.2, 0.25) is 17.7 Å². The number of nitrogens with one attached hydrogen (secondary N) is 1. The number of likely N-dealkylation sites (N-methyl/N-ethyl adjacent to an activating group) is 1. The number of aryl methyl sites for hydroxylation is 1. The van der Waals surface area contributed by atoms with Crippen molar-refractivity contribution < 1.29 is 19.1 Å². The number of amides is 4. The minimum atomic E-state index is -0.372. The molecule has 0 aromatic carbocycles. The van der Waals surface area contributed by atoms with Gasteiger partial charge in [0.05, 0.1) is 23.3 Å². The molecule has 1 saturated heterocycles. The van der Waals surface area contributed by atoms with Crippen molar-refractivity contribution in [3.05, 3.63) is 65.8 Å². The van der Waals surface area contributed by atoms with Crippen LogP contribution >= 0.6 is 0 Å². The summed E-state index contributed by atoms with van der Waals surface area (Å²) in [6.07, 6.45) is 9.92. The fraction of sp³-hybridized carbons (Fsp3) is 0.357. The smallest absolute Gasteiger partial charge is 0.331 e. The van der Waals surface area contributed by atoms with Crippen LogP contribution in [-0.2, 0) is 16.2 Å². The van der Waals surface area contributed by atoms with Gasteiger partial charge in [0.25, 0.3) is 0 Å². The van der Waals surface area contributed by atoms with E-state index in [1.54, 1.807) is 12.3 Å². The topological polar surface area (TPSA) is 148 Å². The highest BCUT2D eigenvalue weighted by Gasteiger charge is 2.46. The van der Waals surface area contributed by atoms with Gasteiger partial charge in [0, 0.05) is 49.2 Å². The van der Waals surface area contributed by atoms with Crippen LogP contribution in [0.15, 0.2) is 43.0 Å². The Hall–Kier alpha value is -4.94. The normalized spacial score (nSPS) is 20.1. The molecule has 3 fully saturated rings. The van der Waals surface area contributed by atoms with E-state index in [2.05, 4.69) is 25.5 Å². The third-order valence-corrected chi connectivity index (χ3v) is 7.67. The van der Waals surface area contributed by atoms with Gasteiger partial charge >= 0.3 is 6.03 Å². The number of imidazole rings is 1. The standard InChI is InChI=1S/C28H27N9O4/c1-15-5-6-29-25(31-15)20-9-21(20)27(39)33-18-8-23(34-30-10-18)41-14-19-12-36-11-17(16-3-4-16)7-22(26(36)32-19)37-13-24(38)35(2)28(37)40/h5-8,10-12,16,20-21H,3-4,9,13-14H2,1-2H3,(H,33,34,39)/t20-,21-/m0/s1. The number of anilines is 2. The van der Waals surface area contributed by atoms with Gasteiger partial charge in [-0.2, -0.15) is 5.10 Å². The van der Waals surface area contributed by atoms with Crippen LogP contribution in [0.5, 0.6) is 5.88 Å². The summed E-state index contributed by atoms with van der Waals surface area (Å²) in [4.78, 5) is 53.8. The molecule has 0 spiro atoms. The lowest BCUT2D eigenvalue weighted by atomic mass is 10.1. The summed E-state index contributed by atoms with van der Waals surface area (Å²) in [6, 6.07) is 5.03. The van der Waals surface area contributed by atoms with Crippen molar-refractivity contribution in [3.63, 3.8) is 0 Å². The number of imide groups is 1. The fourth-order valence-electron chi connectivity index (χ4n) is 5.13. The Bertz CT molecular complexity index is 1720. The van der Waals surface area contributed by atoms with Crippen molar-refractivity contribution in [2.24, 2.45) is 5.92 Å². The quantitative estimate of drug-likeness (QED) is 0.325. The van der Waals surface area contributed by atoms with E-state index in [1.165, 1.54) is 18.1 Å². The van der Waals surface area contributed by atoms with Crippen molar-refractivity contribution in [1.29, 1.82) is 0 Å². The van der Waals surface area contributed by atoms with Crippen LogP contribution in [-0.4, -0.2) is 65.9 Å². The van der Waals surface area contributed by atoms with E-state index < -0.39 is 0 Å². The highest BCUT2D eigenvalue weighted by atomic mass is 16.5. The highest BCUT2D eigenvalue weighted by molar-refractivity contribution is 6.13. The number of nitrogens with zero attached hydrogens (tertiary/aromatic N) is 8. The second-order valence-corrected chi connectivity index (χ2v) is 10.8. The molecule has 0 unspecified atom stereocenters. The Balaban J connectivity index is 1.05. The van der Waals surface area contributed by atoms with Crippen molar-refractivity contribution in [2.75, 3.05) is 23.8 Å². The molecular formula is C28H27N9O4. The van der Waals surface area contributed by atoms with Crippen molar-refractivity contribution >= 4 is 34.9 Å². The van der Waals surface area contributed by atoms with Crippen LogP contribution in [0.4, 0.5) is 16.2 Å². The van der Waals surface area contributed by atoms with Gasteiger partial charge in [-0.15, -0.1) is 5.10 Å². The summed E-state index contributed by atoms with van der Waals surface area (Å²) >= 11 is 0. The first-order valence-corrected chi connectivity index (χ1v) is 13.5. The molecular weight excluding hydrogens is 526 g/mol. The maximum absolute atomic E-state index is 12.8. The number of urea groups is 1. The number of carbonyl (C=O) groups excluding carboxylic acids is 3. The number of fused-ring (bicyclic) bond motifs is 1. The van der Waals surface area contributed by atoms with E-state index in [-0.39, 0.29) is 48.7 Å². The minimum Gasteiger partial charge on any atom is -0.470 e. The molecule has 13 heteroatoms. The van der Waals surface area contributed by atoms with E-state index in [1.807, 2.05) is 35.9 Å². The number of hydrogen-bond donors (Lipinski definition) is 1. The second kappa shape index (κ2) is 9.61. The molecule has 4 aromatic rings. The van der Waals surface area contributed by atoms with Crippen LogP contribution < -0.4 is 15.0 Å². The van der Waals surface area contributed by atoms with Crippen molar-refractivity contribution in [3.8, 4) is 5.88 Å². The van der Waals surface area contributed by atoms with Crippen LogP contribution in [0.1, 0.15) is 53.9 Å². The summed E-state index contributed by atoms with van der Waals surface area (Å²) in [5.41, 5.74) is 4.23. The molecule has 2 atom stereocenters. The Morgan fingerprint density at radius 2 is 2.02 bits per heavy atom. The Morgan fingerprint density at radius 3 is 2.78 bits per heavy atom. The van der Waals surface area contributed by atoms with Gasteiger partial charge in [-0.3, -0.25) is 19.4 Å². The molecule has 41 heavy (non-hydrogen) atoms. The molecule has 3 aliphatic rings. The molecule has 208 valence electrons. The zero-order chi connectivity index (χ0) is 28.2. The van der Waals surface area contributed by atoms with Gasteiger partial charge in [-0.25, -0.2) is 19.7 Å². The lowest BCUT2D eigenvalue weighted by Gasteiger charge is -2.17. The average Bonchev–Trinajstić information content (AvgIpc) is 3.89. The summed E-state index contributed by atoms with van der Waals surface area (Å²) < 4.78 is 7.75. The molecule has 1 aliphatic heterocycles. The Labute approximate surface area is 234 Å². The molecule has 4 amide bonds. The third kappa shape index (κ3) is 4.83. The van der Waals surface area contributed by atoms with Gasteiger partial charge in [-0.05, 0) is 49.8 Å².